The van der Waals surface area contributed by atoms with Gasteiger partial charge >= 0.3 is 0 Å². The van der Waals surface area contributed by atoms with Crippen molar-refractivity contribution in [3.05, 3.63) is 41.8 Å². The van der Waals surface area contributed by atoms with Gasteiger partial charge in [0.2, 0.25) is 5.89 Å². The van der Waals surface area contributed by atoms with Gasteiger partial charge in [-0.25, -0.2) is 4.98 Å². The zero-order valence-electron chi connectivity index (χ0n) is 11.4. The maximum Gasteiger partial charge on any atom is 0.273 e. The molecule has 0 aliphatic carbocycles. The molecule has 0 saturated carbocycles. The molecule has 0 saturated heterocycles. The lowest BCUT2D eigenvalue weighted by atomic mass is 10.2. The Balaban J connectivity index is 2.20. The minimum Gasteiger partial charge on any atom is -0.441 e. The summed E-state index contributed by atoms with van der Waals surface area (Å²) >= 11 is 0. The van der Waals surface area contributed by atoms with E-state index in [1.54, 1.807) is 6.92 Å². The molecule has 1 aromatic carbocycles. The molecule has 1 N–H and O–H groups in total. The third-order valence-electron chi connectivity index (χ3n) is 2.70. The van der Waals surface area contributed by atoms with Gasteiger partial charge in [-0.15, -0.1) is 0 Å². The number of amides is 1. The molecule has 100 valence electrons. The summed E-state index contributed by atoms with van der Waals surface area (Å²) in [4.78, 5) is 16.3. The Morgan fingerprint density at radius 2 is 2.00 bits per heavy atom. The standard InChI is InChI=1S/C15H18N2O2/c1-10(2)9-16-14(18)13-11(3)19-15(17-13)12-7-5-4-6-8-12/h4-8,10H,9H2,1-3H3,(H,16,18). The Bertz CT molecular complexity index is 559. The molecular formula is C15H18N2O2. The summed E-state index contributed by atoms with van der Waals surface area (Å²) in [5.41, 5.74) is 1.23. The zero-order chi connectivity index (χ0) is 13.8. The van der Waals surface area contributed by atoms with Gasteiger partial charge in [-0.1, -0.05) is 32.0 Å². The second-order valence-corrected chi connectivity index (χ2v) is 4.89. The molecule has 0 aliphatic rings. The summed E-state index contributed by atoms with van der Waals surface area (Å²) in [7, 11) is 0. The van der Waals surface area contributed by atoms with E-state index in [0.717, 1.165) is 5.56 Å². The number of aromatic nitrogens is 1. The Hall–Kier alpha value is -2.10. The first-order chi connectivity index (χ1) is 9.08. The van der Waals surface area contributed by atoms with Crippen LogP contribution < -0.4 is 5.32 Å². The van der Waals surface area contributed by atoms with Crippen LogP contribution in [0, 0.1) is 12.8 Å². The Morgan fingerprint density at radius 3 is 2.63 bits per heavy atom. The number of nitrogens with one attached hydrogen (secondary N) is 1. The second kappa shape index (κ2) is 5.69. The highest BCUT2D eigenvalue weighted by molar-refractivity contribution is 5.93. The van der Waals surface area contributed by atoms with E-state index >= 15 is 0 Å². The van der Waals surface area contributed by atoms with Crippen LogP contribution in [0.15, 0.2) is 34.7 Å². The minimum atomic E-state index is -0.183. The summed E-state index contributed by atoms with van der Waals surface area (Å²) in [6, 6.07) is 9.55. The molecule has 1 aromatic heterocycles. The van der Waals surface area contributed by atoms with Crippen LogP contribution in [0.1, 0.15) is 30.1 Å². The summed E-state index contributed by atoms with van der Waals surface area (Å²) in [5, 5.41) is 2.84. The van der Waals surface area contributed by atoms with E-state index in [1.807, 2.05) is 44.2 Å². The maximum atomic E-state index is 12.0. The van der Waals surface area contributed by atoms with Crippen molar-refractivity contribution >= 4 is 5.91 Å². The van der Waals surface area contributed by atoms with Crippen molar-refractivity contribution in [3.8, 4) is 11.5 Å². The molecule has 19 heavy (non-hydrogen) atoms. The summed E-state index contributed by atoms with van der Waals surface area (Å²) in [6.07, 6.45) is 0. The number of hydrogen-bond donors (Lipinski definition) is 1. The Morgan fingerprint density at radius 1 is 1.32 bits per heavy atom. The minimum absolute atomic E-state index is 0.183. The average Bonchev–Trinajstić information content (AvgIpc) is 2.79. The highest BCUT2D eigenvalue weighted by atomic mass is 16.4. The highest BCUT2D eigenvalue weighted by Gasteiger charge is 2.17. The molecule has 1 amide bonds. The molecule has 0 spiro atoms. The van der Waals surface area contributed by atoms with Crippen molar-refractivity contribution in [2.24, 2.45) is 5.92 Å². The number of rotatable bonds is 4. The average molecular weight is 258 g/mol. The number of aryl methyl sites for hydroxylation is 1. The van der Waals surface area contributed by atoms with Crippen LogP contribution in [0.2, 0.25) is 0 Å². The second-order valence-electron chi connectivity index (χ2n) is 4.89. The largest absolute Gasteiger partial charge is 0.441 e. The molecule has 4 heteroatoms. The molecule has 4 nitrogen and oxygen atoms in total. The first-order valence-electron chi connectivity index (χ1n) is 6.39. The van der Waals surface area contributed by atoms with Crippen molar-refractivity contribution in [3.63, 3.8) is 0 Å². The van der Waals surface area contributed by atoms with Crippen LogP contribution in [0.5, 0.6) is 0 Å². The molecule has 0 atom stereocenters. The van der Waals surface area contributed by atoms with Crippen LogP contribution >= 0.6 is 0 Å². The van der Waals surface area contributed by atoms with Crippen LogP contribution in [-0.2, 0) is 0 Å². The number of carbonyl (C=O) groups excluding carboxylic acids is 1. The quantitative estimate of drug-likeness (QED) is 0.917. The van der Waals surface area contributed by atoms with E-state index in [0.29, 0.717) is 29.8 Å². The highest BCUT2D eigenvalue weighted by Crippen LogP contribution is 2.21. The van der Waals surface area contributed by atoms with Gasteiger partial charge in [-0.05, 0) is 25.0 Å². The van der Waals surface area contributed by atoms with Gasteiger partial charge in [0.25, 0.3) is 5.91 Å². The summed E-state index contributed by atoms with van der Waals surface area (Å²) in [5.74, 6) is 1.25. The normalized spacial score (nSPS) is 10.7. The predicted octanol–water partition coefficient (Wildman–Crippen LogP) is 3.04. The third-order valence-corrected chi connectivity index (χ3v) is 2.70. The smallest absolute Gasteiger partial charge is 0.273 e. The monoisotopic (exact) mass is 258 g/mol. The lowest BCUT2D eigenvalue weighted by Gasteiger charge is -2.05. The topological polar surface area (TPSA) is 55.1 Å². The Labute approximate surface area is 112 Å². The van der Waals surface area contributed by atoms with Gasteiger partial charge in [0.1, 0.15) is 5.76 Å². The number of oxazole rings is 1. The fourth-order valence-electron chi connectivity index (χ4n) is 1.69. The lowest BCUT2D eigenvalue weighted by molar-refractivity contribution is 0.0943. The SMILES string of the molecule is Cc1oc(-c2ccccc2)nc1C(=O)NCC(C)C. The third kappa shape index (κ3) is 3.22. The van der Waals surface area contributed by atoms with Crippen molar-refractivity contribution < 1.29 is 9.21 Å². The lowest BCUT2D eigenvalue weighted by Crippen LogP contribution is -2.28. The van der Waals surface area contributed by atoms with E-state index in [2.05, 4.69) is 10.3 Å². The van der Waals surface area contributed by atoms with Crippen LogP contribution in [0.25, 0.3) is 11.5 Å². The molecule has 1 heterocycles. The van der Waals surface area contributed by atoms with Gasteiger partial charge in [0.05, 0.1) is 0 Å². The van der Waals surface area contributed by atoms with Gasteiger partial charge in [0, 0.05) is 12.1 Å². The molecule has 0 unspecified atom stereocenters. The van der Waals surface area contributed by atoms with Crippen molar-refractivity contribution in [1.82, 2.24) is 10.3 Å². The van der Waals surface area contributed by atoms with Crippen molar-refractivity contribution in [1.29, 1.82) is 0 Å². The van der Waals surface area contributed by atoms with Crippen LogP contribution in [0.3, 0.4) is 0 Å². The number of hydrogen-bond acceptors (Lipinski definition) is 3. The van der Waals surface area contributed by atoms with Crippen molar-refractivity contribution in [2.75, 3.05) is 6.54 Å². The van der Waals surface area contributed by atoms with Gasteiger partial charge < -0.3 is 9.73 Å². The van der Waals surface area contributed by atoms with E-state index in [4.69, 9.17) is 4.42 Å². The first-order valence-corrected chi connectivity index (χ1v) is 6.39. The van der Waals surface area contributed by atoms with Crippen LogP contribution in [0.4, 0.5) is 0 Å². The predicted molar refractivity (Wildman–Crippen MR) is 73.8 cm³/mol. The summed E-state index contributed by atoms with van der Waals surface area (Å²) in [6.45, 7) is 6.48. The number of nitrogens with zero attached hydrogens (tertiary/aromatic N) is 1. The van der Waals surface area contributed by atoms with Crippen molar-refractivity contribution in [2.45, 2.75) is 20.8 Å². The van der Waals surface area contributed by atoms with Gasteiger partial charge in [-0.2, -0.15) is 0 Å². The first kappa shape index (κ1) is 13.3. The van der Waals surface area contributed by atoms with E-state index < -0.39 is 0 Å². The van der Waals surface area contributed by atoms with E-state index in [9.17, 15) is 4.79 Å². The number of carbonyl (C=O) groups is 1. The fraction of sp³-hybridized carbons (Fsp3) is 0.333. The van der Waals surface area contributed by atoms with E-state index in [1.165, 1.54) is 0 Å². The summed E-state index contributed by atoms with van der Waals surface area (Å²) < 4.78 is 5.56. The molecule has 0 bridgehead atoms. The fourth-order valence-corrected chi connectivity index (χ4v) is 1.69. The van der Waals surface area contributed by atoms with Crippen LogP contribution in [-0.4, -0.2) is 17.4 Å². The molecule has 2 rings (SSSR count). The molecule has 0 fully saturated rings. The molecule has 0 aliphatic heterocycles. The molecule has 2 aromatic rings. The molecule has 0 radical (unpaired) electrons. The maximum absolute atomic E-state index is 12.0. The number of benzene rings is 1. The Kier molecular flexibility index (Phi) is 4.00. The van der Waals surface area contributed by atoms with E-state index in [-0.39, 0.29) is 5.91 Å². The molecular weight excluding hydrogens is 240 g/mol. The van der Waals surface area contributed by atoms with Gasteiger partial charge in [-0.3, -0.25) is 4.79 Å². The van der Waals surface area contributed by atoms with Gasteiger partial charge in [0.15, 0.2) is 5.69 Å². The zero-order valence-corrected chi connectivity index (χ0v) is 11.4.